The molecule has 0 spiro atoms. The van der Waals surface area contributed by atoms with Crippen molar-refractivity contribution in [2.75, 3.05) is 11.9 Å². The summed E-state index contributed by atoms with van der Waals surface area (Å²) in [4.78, 5) is 23.7. The Morgan fingerprint density at radius 2 is 1.86 bits per heavy atom. The van der Waals surface area contributed by atoms with Gasteiger partial charge in [0.15, 0.2) is 0 Å². The molecule has 6 heteroatoms. The van der Waals surface area contributed by atoms with E-state index in [1.807, 2.05) is 0 Å². The van der Waals surface area contributed by atoms with Crippen LogP contribution in [0.5, 0.6) is 0 Å². The molecule has 1 aromatic heterocycles. The van der Waals surface area contributed by atoms with Gasteiger partial charge < -0.3 is 5.32 Å². The van der Waals surface area contributed by atoms with E-state index in [1.54, 1.807) is 7.05 Å². The Bertz CT molecular complexity index is 609. The van der Waals surface area contributed by atoms with Crippen LogP contribution in [0.4, 0.5) is 5.82 Å². The van der Waals surface area contributed by atoms with Gasteiger partial charge in [0.2, 0.25) is 5.82 Å². The maximum atomic E-state index is 12.1. The maximum Gasteiger partial charge on any atom is 0.346 e. The molecule has 6 nitrogen and oxygen atoms in total. The Balaban J connectivity index is 2.19. The molecule has 1 N–H and O–H groups in total. The quantitative estimate of drug-likeness (QED) is 0.893. The summed E-state index contributed by atoms with van der Waals surface area (Å²) in [7, 11) is 3.05. The standard InChI is InChI=1S/C15H26N4O2/c1-11(2)9-15(7-5-6-8-15)10-16-12-13(20)18(3)14(21)19(4)17-12/h11H,5-10H2,1-4H3,(H,16,17). The predicted octanol–water partition coefficient (Wildman–Crippen LogP) is 1.50. The van der Waals surface area contributed by atoms with Crippen LogP contribution in [0.1, 0.15) is 46.0 Å². The number of nitrogens with one attached hydrogen (secondary N) is 1. The molecule has 1 aliphatic rings. The number of hydrogen-bond acceptors (Lipinski definition) is 4. The second-order valence-corrected chi connectivity index (χ2v) is 6.78. The lowest BCUT2D eigenvalue weighted by atomic mass is 9.78. The minimum Gasteiger partial charge on any atom is -0.363 e. The molecule has 1 aromatic rings. The molecule has 1 aliphatic carbocycles. The molecule has 0 atom stereocenters. The minimum atomic E-state index is -0.400. The van der Waals surface area contributed by atoms with Gasteiger partial charge in [-0.15, -0.1) is 5.10 Å². The first-order valence-electron chi connectivity index (χ1n) is 7.73. The summed E-state index contributed by atoms with van der Waals surface area (Å²) >= 11 is 0. The Kier molecular flexibility index (Phi) is 4.54. The van der Waals surface area contributed by atoms with E-state index in [4.69, 9.17) is 0 Å². The van der Waals surface area contributed by atoms with Gasteiger partial charge in [0, 0.05) is 20.6 Å². The SMILES string of the molecule is CC(C)CC1(CNc2nn(C)c(=O)n(C)c2=O)CCCC1. The monoisotopic (exact) mass is 294 g/mol. The lowest BCUT2D eigenvalue weighted by Gasteiger charge is -2.31. The normalized spacial score (nSPS) is 17.4. The molecule has 1 saturated carbocycles. The van der Waals surface area contributed by atoms with Gasteiger partial charge in [0.1, 0.15) is 0 Å². The van der Waals surface area contributed by atoms with Crippen LogP contribution in [0.2, 0.25) is 0 Å². The van der Waals surface area contributed by atoms with E-state index >= 15 is 0 Å². The summed E-state index contributed by atoms with van der Waals surface area (Å²) in [6.45, 7) is 5.23. The van der Waals surface area contributed by atoms with Gasteiger partial charge in [-0.2, -0.15) is 0 Å². The minimum absolute atomic E-state index is 0.259. The van der Waals surface area contributed by atoms with Gasteiger partial charge in [-0.05, 0) is 30.6 Å². The van der Waals surface area contributed by atoms with Crippen LogP contribution in [0.15, 0.2) is 9.59 Å². The average Bonchev–Trinajstić information content (AvgIpc) is 2.87. The van der Waals surface area contributed by atoms with Gasteiger partial charge >= 0.3 is 5.69 Å². The second-order valence-electron chi connectivity index (χ2n) is 6.78. The van der Waals surface area contributed by atoms with Crippen LogP contribution in [0.25, 0.3) is 0 Å². The van der Waals surface area contributed by atoms with Gasteiger partial charge in [0.05, 0.1) is 0 Å². The molecule has 0 aliphatic heterocycles. The van der Waals surface area contributed by atoms with Crippen molar-refractivity contribution in [1.29, 1.82) is 0 Å². The van der Waals surface area contributed by atoms with Crippen LogP contribution in [-0.4, -0.2) is 20.9 Å². The molecule has 118 valence electrons. The molecule has 2 rings (SSSR count). The fourth-order valence-corrected chi connectivity index (χ4v) is 3.52. The topological polar surface area (TPSA) is 68.9 Å². The lowest BCUT2D eigenvalue weighted by molar-refractivity contribution is 0.252. The molecule has 0 aromatic carbocycles. The van der Waals surface area contributed by atoms with Gasteiger partial charge in [-0.3, -0.25) is 9.36 Å². The van der Waals surface area contributed by atoms with E-state index in [0.717, 1.165) is 17.5 Å². The molecule has 0 bridgehead atoms. The number of nitrogens with zero attached hydrogens (tertiary/aromatic N) is 3. The van der Waals surface area contributed by atoms with Crippen LogP contribution >= 0.6 is 0 Å². The van der Waals surface area contributed by atoms with E-state index in [-0.39, 0.29) is 16.8 Å². The van der Waals surface area contributed by atoms with E-state index in [9.17, 15) is 9.59 Å². The van der Waals surface area contributed by atoms with Crippen molar-refractivity contribution in [2.45, 2.75) is 46.0 Å². The van der Waals surface area contributed by atoms with Crippen molar-refractivity contribution in [2.24, 2.45) is 25.4 Å². The zero-order valence-corrected chi connectivity index (χ0v) is 13.5. The Morgan fingerprint density at radius 3 is 2.43 bits per heavy atom. The zero-order chi connectivity index (χ0) is 15.6. The summed E-state index contributed by atoms with van der Waals surface area (Å²) in [5, 5.41) is 7.27. The van der Waals surface area contributed by atoms with Crippen molar-refractivity contribution >= 4 is 5.82 Å². The largest absolute Gasteiger partial charge is 0.363 e. The summed E-state index contributed by atoms with van der Waals surface area (Å²) in [6, 6.07) is 0. The van der Waals surface area contributed by atoms with Crippen molar-refractivity contribution in [1.82, 2.24) is 14.3 Å². The number of hydrogen-bond donors (Lipinski definition) is 1. The first-order valence-corrected chi connectivity index (χ1v) is 7.73. The molecule has 0 unspecified atom stereocenters. The number of rotatable bonds is 5. The van der Waals surface area contributed by atoms with Crippen molar-refractivity contribution in [3.63, 3.8) is 0 Å². The van der Waals surface area contributed by atoms with Crippen LogP contribution in [-0.2, 0) is 14.1 Å². The molecule has 0 amide bonds. The third-order valence-electron chi connectivity index (χ3n) is 4.46. The molecule has 1 fully saturated rings. The fraction of sp³-hybridized carbons (Fsp3) is 0.800. The highest BCUT2D eigenvalue weighted by molar-refractivity contribution is 5.30. The van der Waals surface area contributed by atoms with Gasteiger partial charge in [0.25, 0.3) is 5.56 Å². The number of aromatic nitrogens is 3. The van der Waals surface area contributed by atoms with Crippen LogP contribution in [0, 0.1) is 11.3 Å². The van der Waals surface area contributed by atoms with E-state index in [1.165, 1.54) is 37.4 Å². The molecule has 21 heavy (non-hydrogen) atoms. The molecule has 1 heterocycles. The lowest BCUT2D eigenvalue weighted by Crippen LogP contribution is -2.41. The van der Waals surface area contributed by atoms with Crippen LogP contribution < -0.4 is 16.6 Å². The Morgan fingerprint density at radius 1 is 1.24 bits per heavy atom. The third-order valence-corrected chi connectivity index (χ3v) is 4.46. The number of anilines is 1. The summed E-state index contributed by atoms with van der Waals surface area (Å²) < 4.78 is 2.30. The average molecular weight is 294 g/mol. The van der Waals surface area contributed by atoms with Crippen molar-refractivity contribution < 1.29 is 0 Å². The Hall–Kier alpha value is -1.59. The second kappa shape index (κ2) is 6.03. The zero-order valence-electron chi connectivity index (χ0n) is 13.5. The van der Waals surface area contributed by atoms with E-state index in [2.05, 4.69) is 24.3 Å². The predicted molar refractivity (Wildman–Crippen MR) is 83.6 cm³/mol. The first-order chi connectivity index (χ1) is 9.84. The summed E-state index contributed by atoms with van der Waals surface area (Å²) in [5.41, 5.74) is -0.491. The molecule has 0 radical (unpaired) electrons. The fourth-order valence-electron chi connectivity index (χ4n) is 3.52. The Labute approximate surface area is 125 Å². The van der Waals surface area contributed by atoms with Gasteiger partial charge in [-0.25, -0.2) is 9.48 Å². The van der Waals surface area contributed by atoms with E-state index in [0.29, 0.717) is 5.92 Å². The third kappa shape index (κ3) is 3.36. The molecular weight excluding hydrogens is 268 g/mol. The highest BCUT2D eigenvalue weighted by Crippen LogP contribution is 2.42. The van der Waals surface area contributed by atoms with Crippen LogP contribution in [0.3, 0.4) is 0 Å². The molecule has 0 saturated heterocycles. The number of aryl methyl sites for hydroxylation is 1. The summed E-state index contributed by atoms with van der Waals surface area (Å²) in [6.07, 6.45) is 6.07. The first kappa shape index (κ1) is 15.8. The van der Waals surface area contributed by atoms with Gasteiger partial charge in [-0.1, -0.05) is 26.7 Å². The van der Waals surface area contributed by atoms with Crippen molar-refractivity contribution in [3.8, 4) is 0 Å². The molecular formula is C15H26N4O2. The summed E-state index contributed by atoms with van der Waals surface area (Å²) in [5.74, 6) is 0.912. The van der Waals surface area contributed by atoms with Crippen molar-refractivity contribution in [3.05, 3.63) is 20.8 Å². The van der Waals surface area contributed by atoms with E-state index < -0.39 is 5.69 Å². The highest BCUT2D eigenvalue weighted by atomic mass is 16.2. The maximum absolute atomic E-state index is 12.1. The highest BCUT2D eigenvalue weighted by Gasteiger charge is 2.34. The smallest absolute Gasteiger partial charge is 0.346 e.